The molecule has 2 aromatic carbocycles. The zero-order valence-corrected chi connectivity index (χ0v) is 29.6. The Morgan fingerprint density at radius 1 is 1.15 bits per heavy atom. The van der Waals surface area contributed by atoms with Crippen LogP contribution in [0.1, 0.15) is 59.4 Å². The van der Waals surface area contributed by atoms with Gasteiger partial charge in [0, 0.05) is 55.3 Å². The molecule has 0 radical (unpaired) electrons. The standard InChI is InChI=1S/C21H31N3O4.C16H20O.C2H6/c1-5-18(22)17(14-25)15(2)16-12-20(26-4)21(13-19(16)23-3)28-11-8-24-6-9-27-10-7-24;1-13(2)14-7-6-10-16(12-11-14)17-15-8-4-3-5-9-15;1-2/h12-14,23H,2,5-11,22H2,1,3-4H3;3-5,8-14H,6-7H2,1-2H3;1-2H3/b18-17+;;. The van der Waals surface area contributed by atoms with E-state index in [0.717, 1.165) is 68.3 Å². The van der Waals surface area contributed by atoms with Crippen molar-refractivity contribution in [2.75, 3.05) is 58.9 Å². The number of nitrogens with two attached hydrogens (primary N) is 1. The lowest BCUT2D eigenvalue weighted by Gasteiger charge is -2.26. The highest BCUT2D eigenvalue weighted by atomic mass is 16.5. The van der Waals surface area contributed by atoms with Crippen LogP contribution in [0.3, 0.4) is 0 Å². The maximum atomic E-state index is 11.5. The van der Waals surface area contributed by atoms with Gasteiger partial charge >= 0.3 is 0 Å². The van der Waals surface area contributed by atoms with Crippen LogP contribution in [0.4, 0.5) is 5.69 Å². The number of nitrogens with one attached hydrogen (secondary N) is 1. The van der Waals surface area contributed by atoms with Crippen LogP contribution in [0.2, 0.25) is 0 Å². The van der Waals surface area contributed by atoms with Gasteiger partial charge in [0.05, 0.1) is 20.3 Å². The predicted octanol–water partition coefficient (Wildman–Crippen LogP) is 7.88. The summed E-state index contributed by atoms with van der Waals surface area (Å²) in [6.07, 6.45) is 10.2. The van der Waals surface area contributed by atoms with Crippen LogP contribution in [0.25, 0.3) is 5.57 Å². The van der Waals surface area contributed by atoms with Gasteiger partial charge in [-0.2, -0.15) is 0 Å². The molecule has 3 N–H and O–H groups in total. The van der Waals surface area contributed by atoms with Gasteiger partial charge in [-0.15, -0.1) is 0 Å². The summed E-state index contributed by atoms with van der Waals surface area (Å²) in [5.74, 6) is 4.47. The Morgan fingerprint density at radius 3 is 2.45 bits per heavy atom. The average molecular weight is 648 g/mol. The Kier molecular flexibility index (Phi) is 18.1. The van der Waals surface area contributed by atoms with Crippen LogP contribution in [0.5, 0.6) is 17.2 Å². The number of rotatable bonds is 13. The van der Waals surface area contributed by atoms with E-state index in [0.29, 0.717) is 53.2 Å². The SMILES string of the molecule is C=C(/C(C=O)=C(/N)CC)c1cc(OC)c(OCCN2CCOCC2)cc1NC.CC.CC(C)C1C=CC(Oc2ccccc2)=CCC1. The van der Waals surface area contributed by atoms with Crippen molar-refractivity contribution in [3.63, 3.8) is 0 Å². The van der Waals surface area contributed by atoms with Crippen LogP contribution in [-0.4, -0.2) is 64.8 Å². The summed E-state index contributed by atoms with van der Waals surface area (Å²) >= 11 is 0. The van der Waals surface area contributed by atoms with Crippen LogP contribution in [0.15, 0.2) is 84.3 Å². The van der Waals surface area contributed by atoms with Gasteiger partial charge in [-0.3, -0.25) is 9.69 Å². The summed E-state index contributed by atoms with van der Waals surface area (Å²) in [6, 6.07) is 13.6. The van der Waals surface area contributed by atoms with Crippen molar-refractivity contribution in [2.45, 2.75) is 53.9 Å². The Bertz CT molecular complexity index is 1330. The highest BCUT2D eigenvalue weighted by molar-refractivity contribution is 6.01. The van der Waals surface area contributed by atoms with Crippen LogP contribution >= 0.6 is 0 Å². The molecule has 0 saturated carbocycles. The highest BCUT2D eigenvalue weighted by Crippen LogP contribution is 2.38. The molecule has 0 aromatic heterocycles. The smallest absolute Gasteiger partial charge is 0.163 e. The number of nitrogens with zero attached hydrogens (tertiary/aromatic N) is 1. The number of carbonyl (C=O) groups is 1. The van der Waals surface area contributed by atoms with Crippen molar-refractivity contribution in [1.29, 1.82) is 0 Å². The molecule has 8 heteroatoms. The Hall–Kier alpha value is -4.01. The minimum absolute atomic E-state index is 0.405. The minimum Gasteiger partial charge on any atom is -0.493 e. The third-order valence-corrected chi connectivity index (χ3v) is 8.03. The van der Waals surface area contributed by atoms with Crippen LogP contribution in [-0.2, 0) is 9.53 Å². The molecule has 258 valence electrons. The van der Waals surface area contributed by atoms with Crippen LogP contribution in [0, 0.1) is 11.8 Å². The van der Waals surface area contributed by atoms with Gasteiger partial charge in [0.2, 0.25) is 0 Å². The van der Waals surface area contributed by atoms with Crippen molar-refractivity contribution in [2.24, 2.45) is 17.6 Å². The largest absolute Gasteiger partial charge is 0.493 e. The third-order valence-electron chi connectivity index (χ3n) is 8.03. The van der Waals surface area contributed by atoms with E-state index in [9.17, 15) is 4.79 Å². The van der Waals surface area contributed by atoms with E-state index in [1.807, 2.05) is 70.3 Å². The zero-order chi connectivity index (χ0) is 34.6. The number of allylic oxidation sites excluding steroid dienone is 6. The summed E-state index contributed by atoms with van der Waals surface area (Å²) in [4.78, 5) is 13.8. The van der Waals surface area contributed by atoms with Gasteiger partial charge in [-0.05, 0) is 67.0 Å². The van der Waals surface area contributed by atoms with E-state index in [-0.39, 0.29) is 0 Å². The third kappa shape index (κ3) is 12.6. The molecule has 1 unspecified atom stereocenters. The number of anilines is 1. The molecule has 1 atom stereocenters. The van der Waals surface area contributed by atoms with Crippen molar-refractivity contribution in [1.82, 2.24) is 4.90 Å². The van der Waals surface area contributed by atoms with Gasteiger partial charge in [0.1, 0.15) is 18.1 Å². The van der Waals surface area contributed by atoms with Crippen molar-refractivity contribution in [3.05, 3.63) is 89.9 Å². The molecule has 1 aliphatic heterocycles. The van der Waals surface area contributed by atoms with E-state index >= 15 is 0 Å². The fourth-order valence-electron chi connectivity index (χ4n) is 5.13. The van der Waals surface area contributed by atoms with Gasteiger partial charge in [-0.1, -0.05) is 65.5 Å². The number of methoxy groups -OCH3 is 1. The molecular formula is C39H57N3O5. The summed E-state index contributed by atoms with van der Waals surface area (Å²) in [7, 11) is 3.40. The molecule has 2 aromatic rings. The summed E-state index contributed by atoms with van der Waals surface area (Å²) < 4.78 is 22.7. The van der Waals surface area contributed by atoms with Crippen molar-refractivity contribution in [3.8, 4) is 17.2 Å². The topological polar surface area (TPSA) is 95.3 Å². The summed E-state index contributed by atoms with van der Waals surface area (Å²) in [5.41, 5.74) is 8.99. The first kappa shape index (κ1) is 39.2. The number of aldehydes is 1. The lowest BCUT2D eigenvalue weighted by molar-refractivity contribution is -0.104. The molecule has 47 heavy (non-hydrogen) atoms. The first-order valence-electron chi connectivity index (χ1n) is 16.9. The number of para-hydroxylation sites is 1. The lowest BCUT2D eigenvalue weighted by Crippen LogP contribution is -2.38. The molecule has 0 amide bonds. The van der Waals surface area contributed by atoms with Gasteiger partial charge in [0.15, 0.2) is 17.8 Å². The fraction of sp³-hybridized carbons (Fsp3) is 0.462. The van der Waals surface area contributed by atoms with Gasteiger partial charge in [0.25, 0.3) is 0 Å². The highest BCUT2D eigenvalue weighted by Gasteiger charge is 2.18. The Labute approximate surface area is 283 Å². The first-order valence-corrected chi connectivity index (χ1v) is 16.9. The monoisotopic (exact) mass is 647 g/mol. The second-order valence-electron chi connectivity index (χ2n) is 11.4. The van der Waals surface area contributed by atoms with E-state index in [4.69, 9.17) is 24.7 Å². The maximum Gasteiger partial charge on any atom is 0.163 e. The van der Waals surface area contributed by atoms with Gasteiger partial charge in [-0.25, -0.2) is 0 Å². The second-order valence-corrected chi connectivity index (χ2v) is 11.4. The number of benzene rings is 2. The summed E-state index contributed by atoms with van der Waals surface area (Å²) in [6.45, 7) is 19.3. The number of hydrogen-bond acceptors (Lipinski definition) is 8. The fourth-order valence-corrected chi connectivity index (χ4v) is 5.13. The molecule has 2 aliphatic rings. The van der Waals surface area contributed by atoms with E-state index < -0.39 is 0 Å². The molecule has 1 aliphatic carbocycles. The minimum atomic E-state index is 0.405. The molecule has 1 heterocycles. The zero-order valence-electron chi connectivity index (χ0n) is 29.6. The average Bonchev–Trinajstić information content (AvgIpc) is 3.36. The van der Waals surface area contributed by atoms with Crippen molar-refractivity contribution < 1.29 is 23.7 Å². The molecule has 1 fully saturated rings. The van der Waals surface area contributed by atoms with E-state index in [1.165, 1.54) is 6.42 Å². The Morgan fingerprint density at radius 2 is 1.85 bits per heavy atom. The quantitative estimate of drug-likeness (QED) is 0.129. The molecular weight excluding hydrogens is 590 g/mol. The molecule has 4 rings (SSSR count). The van der Waals surface area contributed by atoms with E-state index in [1.54, 1.807) is 7.11 Å². The predicted molar refractivity (Wildman–Crippen MR) is 195 cm³/mol. The summed E-state index contributed by atoms with van der Waals surface area (Å²) in [5, 5.41) is 3.14. The maximum absolute atomic E-state index is 11.5. The number of carbonyl (C=O) groups excluding carboxylic acids is 1. The molecule has 0 spiro atoms. The normalized spacial score (nSPS) is 16.6. The van der Waals surface area contributed by atoms with Crippen LogP contribution < -0.4 is 25.3 Å². The molecule has 8 nitrogen and oxygen atoms in total. The number of hydrogen-bond donors (Lipinski definition) is 2. The van der Waals surface area contributed by atoms with Crippen molar-refractivity contribution >= 4 is 17.5 Å². The number of ether oxygens (including phenoxy) is 4. The molecule has 1 saturated heterocycles. The Balaban J connectivity index is 0.000000344. The lowest BCUT2D eigenvalue weighted by atomic mass is 9.92. The molecule has 0 bridgehead atoms. The first-order chi connectivity index (χ1) is 22.8. The second kappa shape index (κ2) is 21.7. The van der Waals surface area contributed by atoms with E-state index in [2.05, 4.69) is 48.9 Å². The van der Waals surface area contributed by atoms with Gasteiger partial charge < -0.3 is 30.0 Å². The number of morpholine rings is 1.